The Bertz CT molecular complexity index is 966. The van der Waals surface area contributed by atoms with Crippen LogP contribution in [0.4, 0.5) is 0 Å². The molecular weight excluding hydrogens is 350 g/mol. The van der Waals surface area contributed by atoms with Crippen LogP contribution in [0, 0.1) is 0 Å². The highest BCUT2D eigenvalue weighted by Crippen LogP contribution is 2.38. The number of aromatic amines is 2. The number of H-pyrrole nitrogens is 2. The Balaban J connectivity index is 1.23. The van der Waals surface area contributed by atoms with Gasteiger partial charge in [0.1, 0.15) is 11.5 Å². The van der Waals surface area contributed by atoms with Gasteiger partial charge in [0.2, 0.25) is 11.8 Å². The van der Waals surface area contributed by atoms with Crippen molar-refractivity contribution in [2.75, 3.05) is 13.2 Å². The molecule has 9 nitrogen and oxygen atoms in total. The van der Waals surface area contributed by atoms with E-state index in [2.05, 4.69) is 20.2 Å². The van der Waals surface area contributed by atoms with E-state index in [4.69, 9.17) is 23.6 Å². The molecule has 0 radical (unpaired) electrons. The lowest BCUT2D eigenvalue weighted by atomic mass is 10.0. The van der Waals surface area contributed by atoms with Gasteiger partial charge < -0.3 is 23.6 Å². The molecule has 2 N–H and O–H groups in total. The van der Waals surface area contributed by atoms with E-state index in [1.807, 2.05) is 0 Å². The molecule has 6 rings (SSSR count). The van der Waals surface area contributed by atoms with Crippen LogP contribution in [0.25, 0.3) is 0 Å². The Morgan fingerprint density at radius 1 is 1.11 bits per heavy atom. The lowest BCUT2D eigenvalue weighted by molar-refractivity contribution is 0.126. The van der Waals surface area contributed by atoms with Gasteiger partial charge in [0.15, 0.2) is 11.9 Å². The van der Waals surface area contributed by atoms with E-state index in [0.29, 0.717) is 30.9 Å². The minimum atomic E-state index is -0.232. The molecule has 0 saturated carbocycles. The van der Waals surface area contributed by atoms with Gasteiger partial charge in [0, 0.05) is 12.8 Å². The molecular formula is C18H19N5O4. The van der Waals surface area contributed by atoms with E-state index >= 15 is 0 Å². The van der Waals surface area contributed by atoms with Crippen molar-refractivity contribution < 1.29 is 18.6 Å². The maximum Gasteiger partial charge on any atom is 0.308 e. The summed E-state index contributed by atoms with van der Waals surface area (Å²) in [4.78, 5) is 12.7. The summed E-state index contributed by atoms with van der Waals surface area (Å²) in [6.07, 6.45) is 5.79. The van der Waals surface area contributed by atoms with Crippen molar-refractivity contribution in [3.63, 3.8) is 0 Å². The van der Waals surface area contributed by atoms with Gasteiger partial charge in [-0.25, -0.2) is 4.98 Å². The van der Waals surface area contributed by atoms with Gasteiger partial charge in [-0.1, -0.05) is 0 Å². The summed E-state index contributed by atoms with van der Waals surface area (Å²) in [7, 11) is 0. The number of aryl methyl sites for hydroxylation is 2. The van der Waals surface area contributed by atoms with Gasteiger partial charge in [0.05, 0.1) is 36.7 Å². The van der Waals surface area contributed by atoms with Crippen LogP contribution in [0.15, 0.2) is 10.6 Å². The number of nitrogens with one attached hydrogen (secondary N) is 2. The molecule has 0 amide bonds. The van der Waals surface area contributed by atoms with E-state index in [1.165, 1.54) is 0 Å². The number of fused-ring (bicyclic) bond motifs is 3. The zero-order valence-electron chi connectivity index (χ0n) is 14.7. The Kier molecular flexibility index (Phi) is 3.23. The van der Waals surface area contributed by atoms with Gasteiger partial charge in [0.25, 0.3) is 0 Å². The van der Waals surface area contributed by atoms with Crippen LogP contribution in [0.3, 0.4) is 0 Å². The number of nitrogens with zero attached hydrogens (tertiary/aromatic N) is 3. The van der Waals surface area contributed by atoms with E-state index in [9.17, 15) is 0 Å². The largest absolute Gasteiger partial charge is 0.489 e. The fourth-order valence-corrected chi connectivity index (χ4v) is 3.93. The fraction of sp³-hybridized carbons (Fsp3) is 0.500. The first-order valence-electron chi connectivity index (χ1n) is 9.36. The topological polar surface area (TPSA) is 111 Å². The molecule has 3 aliphatic heterocycles. The van der Waals surface area contributed by atoms with E-state index < -0.39 is 0 Å². The molecule has 0 aliphatic carbocycles. The number of imidazole rings is 1. The van der Waals surface area contributed by atoms with Crippen LogP contribution in [0.1, 0.15) is 53.7 Å². The molecule has 27 heavy (non-hydrogen) atoms. The summed E-state index contributed by atoms with van der Waals surface area (Å²) in [5.41, 5.74) is 2.91. The number of oxazole rings is 1. The summed E-state index contributed by atoms with van der Waals surface area (Å²) >= 11 is 0. The summed E-state index contributed by atoms with van der Waals surface area (Å²) in [5.74, 6) is 3.62. The second-order valence-electron chi connectivity index (χ2n) is 7.21. The molecule has 0 spiro atoms. The van der Waals surface area contributed by atoms with Crippen LogP contribution in [-0.2, 0) is 19.3 Å². The highest BCUT2D eigenvalue weighted by molar-refractivity contribution is 5.31. The number of rotatable bonds is 2. The van der Waals surface area contributed by atoms with E-state index in [0.717, 1.165) is 60.8 Å². The highest BCUT2D eigenvalue weighted by Gasteiger charge is 2.33. The predicted octanol–water partition coefficient (Wildman–Crippen LogP) is 2.23. The first-order valence-corrected chi connectivity index (χ1v) is 9.36. The minimum Gasteiger partial charge on any atom is -0.489 e. The number of ether oxygens (including phenoxy) is 3. The Morgan fingerprint density at radius 2 is 2.11 bits per heavy atom. The van der Waals surface area contributed by atoms with Crippen molar-refractivity contribution in [2.45, 2.75) is 44.1 Å². The summed E-state index contributed by atoms with van der Waals surface area (Å²) in [6, 6.07) is 0. The average Bonchev–Trinajstić information content (AvgIpc) is 3.42. The highest BCUT2D eigenvalue weighted by atomic mass is 16.6. The molecule has 0 saturated heterocycles. The zero-order chi connectivity index (χ0) is 17.8. The van der Waals surface area contributed by atoms with Crippen molar-refractivity contribution in [2.24, 2.45) is 0 Å². The maximum absolute atomic E-state index is 6.11. The molecule has 2 atom stereocenters. The molecule has 6 heterocycles. The maximum atomic E-state index is 6.11. The molecule has 2 unspecified atom stereocenters. The third-order valence-electron chi connectivity index (χ3n) is 5.37. The molecule has 0 bridgehead atoms. The fourth-order valence-electron chi connectivity index (χ4n) is 3.93. The monoisotopic (exact) mass is 369 g/mol. The number of aromatic nitrogens is 5. The Labute approximate surface area is 154 Å². The summed E-state index contributed by atoms with van der Waals surface area (Å²) in [6.45, 7) is 1.26. The second kappa shape index (κ2) is 5.77. The van der Waals surface area contributed by atoms with Gasteiger partial charge in [-0.05, 0) is 19.3 Å². The minimum absolute atomic E-state index is 0.146. The Hall–Kier alpha value is -2.97. The van der Waals surface area contributed by atoms with Crippen LogP contribution in [-0.4, -0.2) is 38.4 Å². The molecule has 3 aromatic rings. The molecule has 0 fully saturated rings. The van der Waals surface area contributed by atoms with Gasteiger partial charge in [-0.2, -0.15) is 10.1 Å². The molecule has 9 heteroatoms. The number of hydrogen-bond donors (Lipinski definition) is 2. The summed E-state index contributed by atoms with van der Waals surface area (Å²) in [5, 5.41) is 7.03. The van der Waals surface area contributed by atoms with Gasteiger partial charge in [-0.15, -0.1) is 0 Å². The van der Waals surface area contributed by atoms with Crippen LogP contribution >= 0.6 is 0 Å². The van der Waals surface area contributed by atoms with Crippen LogP contribution < -0.4 is 14.2 Å². The van der Waals surface area contributed by atoms with Gasteiger partial charge >= 0.3 is 5.95 Å². The SMILES string of the molecule is c1n[nH]c2c1OCC(c1nc3c([nH]1)CCC(c1nc4c(o1)OCCC4)O3)C2. The van der Waals surface area contributed by atoms with Crippen molar-refractivity contribution in [3.05, 3.63) is 35.0 Å². The first-order chi connectivity index (χ1) is 13.3. The number of hydrogen-bond acceptors (Lipinski definition) is 7. The zero-order valence-corrected chi connectivity index (χ0v) is 14.7. The standard InChI is InChI=1S/C18H19N5O4/c1-2-11-18(24-5-1)27-17(21-11)13-4-3-10-16(26-13)22-15(20-10)9-6-12-14(25-8-9)7-19-23-12/h7,9,13H,1-6,8H2,(H,19,23)(H,20,22). The van der Waals surface area contributed by atoms with E-state index in [1.54, 1.807) is 6.20 Å². The normalized spacial score (nSPS) is 23.4. The van der Waals surface area contributed by atoms with Crippen LogP contribution in [0.2, 0.25) is 0 Å². The van der Waals surface area contributed by atoms with Crippen molar-refractivity contribution >= 4 is 0 Å². The van der Waals surface area contributed by atoms with Crippen molar-refractivity contribution in [1.29, 1.82) is 0 Å². The van der Waals surface area contributed by atoms with E-state index in [-0.39, 0.29) is 12.0 Å². The quantitative estimate of drug-likeness (QED) is 0.712. The molecule has 3 aromatic heterocycles. The van der Waals surface area contributed by atoms with Crippen LogP contribution in [0.5, 0.6) is 17.6 Å². The van der Waals surface area contributed by atoms with Gasteiger partial charge in [-0.3, -0.25) is 5.10 Å². The first kappa shape index (κ1) is 15.1. The molecule has 140 valence electrons. The molecule has 3 aliphatic rings. The lowest BCUT2D eigenvalue weighted by Gasteiger charge is -2.20. The lowest BCUT2D eigenvalue weighted by Crippen LogP contribution is -2.19. The smallest absolute Gasteiger partial charge is 0.308 e. The van der Waals surface area contributed by atoms with Crippen molar-refractivity contribution in [1.82, 2.24) is 25.1 Å². The summed E-state index contributed by atoms with van der Waals surface area (Å²) < 4.78 is 23.2. The third kappa shape index (κ3) is 2.48. The molecule has 0 aromatic carbocycles. The predicted molar refractivity (Wildman–Crippen MR) is 91.1 cm³/mol. The third-order valence-corrected chi connectivity index (χ3v) is 5.37. The second-order valence-corrected chi connectivity index (χ2v) is 7.21. The Morgan fingerprint density at radius 3 is 3.07 bits per heavy atom. The average molecular weight is 369 g/mol. The van der Waals surface area contributed by atoms with Crippen molar-refractivity contribution in [3.8, 4) is 17.6 Å².